The van der Waals surface area contributed by atoms with E-state index < -0.39 is 0 Å². The summed E-state index contributed by atoms with van der Waals surface area (Å²) in [6, 6.07) is 19.2. The van der Waals surface area contributed by atoms with Gasteiger partial charge in [0.2, 0.25) is 0 Å². The molecule has 1 aromatic heterocycles. The molecule has 7 nitrogen and oxygen atoms in total. The minimum atomic E-state index is -0.271. The van der Waals surface area contributed by atoms with Crippen molar-refractivity contribution in [3.8, 4) is 11.4 Å². The van der Waals surface area contributed by atoms with E-state index in [9.17, 15) is 4.79 Å². The Morgan fingerprint density at radius 2 is 1.76 bits per heavy atom. The molecule has 0 aliphatic rings. The summed E-state index contributed by atoms with van der Waals surface area (Å²) in [7, 11) is 5.58. The number of carbonyl (C=O) groups excluding carboxylic acids is 1. The van der Waals surface area contributed by atoms with Crippen molar-refractivity contribution in [1.82, 2.24) is 15.3 Å². The topological polar surface area (TPSA) is 79.4 Å². The first-order valence-electron chi connectivity index (χ1n) is 9.33. The molecule has 7 heteroatoms. The Hall–Kier alpha value is -3.45. The summed E-state index contributed by atoms with van der Waals surface area (Å²) < 4.78 is 4.99. The Balaban J connectivity index is 1.90. The lowest BCUT2D eigenvalue weighted by atomic mass is 10.2. The lowest BCUT2D eigenvalue weighted by molar-refractivity contribution is 0.0932. The van der Waals surface area contributed by atoms with Crippen molar-refractivity contribution in [3.63, 3.8) is 0 Å². The Labute approximate surface area is 170 Å². The van der Waals surface area contributed by atoms with Crippen molar-refractivity contribution >= 4 is 23.1 Å². The smallest absolute Gasteiger partial charge is 0.270 e. The third-order valence-electron chi connectivity index (χ3n) is 4.24. The van der Waals surface area contributed by atoms with Crippen LogP contribution in [0.3, 0.4) is 0 Å². The van der Waals surface area contributed by atoms with E-state index in [0.29, 0.717) is 30.5 Å². The number of nitrogens with zero attached hydrogens (tertiary/aromatic N) is 3. The maximum Gasteiger partial charge on any atom is 0.270 e. The second kappa shape index (κ2) is 9.66. The summed E-state index contributed by atoms with van der Waals surface area (Å²) in [6.45, 7) is 0.848. The molecule has 0 spiro atoms. The minimum absolute atomic E-state index is 0.271. The van der Waals surface area contributed by atoms with Gasteiger partial charge in [0, 0.05) is 50.8 Å². The van der Waals surface area contributed by atoms with Gasteiger partial charge >= 0.3 is 0 Å². The van der Waals surface area contributed by atoms with Crippen LogP contribution in [0, 0.1) is 0 Å². The van der Waals surface area contributed by atoms with Gasteiger partial charge < -0.3 is 20.3 Å². The second-order valence-electron chi connectivity index (χ2n) is 6.64. The van der Waals surface area contributed by atoms with Crippen molar-refractivity contribution in [2.24, 2.45) is 0 Å². The number of ether oxygens (including phenoxy) is 1. The number of aromatic nitrogens is 2. The lowest BCUT2D eigenvalue weighted by Gasteiger charge is -2.14. The van der Waals surface area contributed by atoms with Gasteiger partial charge in [-0.15, -0.1) is 0 Å². The Morgan fingerprint density at radius 1 is 1.03 bits per heavy atom. The van der Waals surface area contributed by atoms with E-state index in [-0.39, 0.29) is 5.91 Å². The van der Waals surface area contributed by atoms with Crippen LogP contribution < -0.4 is 15.5 Å². The molecule has 0 saturated carbocycles. The first-order valence-corrected chi connectivity index (χ1v) is 9.33. The maximum absolute atomic E-state index is 12.5. The minimum Gasteiger partial charge on any atom is -0.383 e. The number of benzene rings is 2. The highest BCUT2D eigenvalue weighted by molar-refractivity contribution is 5.93. The quantitative estimate of drug-likeness (QED) is 0.574. The van der Waals surface area contributed by atoms with Gasteiger partial charge in [-0.2, -0.15) is 0 Å². The summed E-state index contributed by atoms with van der Waals surface area (Å²) in [6.07, 6.45) is 0. The number of carbonyl (C=O) groups is 1. The molecule has 0 radical (unpaired) electrons. The average molecular weight is 391 g/mol. The predicted molar refractivity (Wildman–Crippen MR) is 116 cm³/mol. The number of hydrogen-bond acceptors (Lipinski definition) is 6. The molecule has 2 aromatic carbocycles. The van der Waals surface area contributed by atoms with Crippen LogP contribution in [-0.4, -0.2) is 50.2 Å². The molecule has 150 valence electrons. The van der Waals surface area contributed by atoms with Crippen LogP contribution in [0.5, 0.6) is 0 Å². The zero-order chi connectivity index (χ0) is 20.6. The second-order valence-corrected chi connectivity index (χ2v) is 6.64. The summed E-state index contributed by atoms with van der Waals surface area (Å²) >= 11 is 0. The molecule has 0 aliphatic heterocycles. The summed E-state index contributed by atoms with van der Waals surface area (Å²) in [5.74, 6) is 0.762. The molecule has 3 rings (SSSR count). The van der Waals surface area contributed by atoms with Gasteiger partial charge in [0.1, 0.15) is 11.5 Å². The number of methoxy groups -OCH3 is 1. The standard InChI is InChI=1S/C22H25N5O2/c1-27(2)18-11-9-17(10-12-18)24-20-15-19(22(28)23-13-14-29-3)25-21(26-20)16-7-5-4-6-8-16/h4-12,15H,13-14H2,1-3H3,(H,23,28)(H,24,25,26). The molecule has 0 fully saturated rings. The van der Waals surface area contributed by atoms with Crippen molar-refractivity contribution in [2.75, 3.05) is 44.6 Å². The Morgan fingerprint density at radius 3 is 2.41 bits per heavy atom. The van der Waals surface area contributed by atoms with Gasteiger partial charge in [-0.1, -0.05) is 30.3 Å². The first kappa shape index (κ1) is 20.3. The van der Waals surface area contributed by atoms with Crippen LogP contribution >= 0.6 is 0 Å². The molecule has 2 N–H and O–H groups in total. The molecule has 3 aromatic rings. The molecule has 1 heterocycles. The van der Waals surface area contributed by atoms with E-state index in [0.717, 1.165) is 16.9 Å². The van der Waals surface area contributed by atoms with Crippen molar-refractivity contribution in [2.45, 2.75) is 0 Å². The summed E-state index contributed by atoms with van der Waals surface area (Å²) in [4.78, 5) is 23.6. The zero-order valence-corrected chi connectivity index (χ0v) is 16.8. The highest BCUT2D eigenvalue weighted by Gasteiger charge is 2.13. The van der Waals surface area contributed by atoms with Crippen LogP contribution in [0.15, 0.2) is 60.7 Å². The van der Waals surface area contributed by atoms with Gasteiger partial charge in [-0.25, -0.2) is 9.97 Å². The van der Waals surface area contributed by atoms with Gasteiger partial charge in [0.15, 0.2) is 5.82 Å². The molecular formula is C22H25N5O2. The number of amides is 1. The van der Waals surface area contributed by atoms with Crippen molar-refractivity contribution in [1.29, 1.82) is 0 Å². The fourth-order valence-corrected chi connectivity index (χ4v) is 2.69. The number of anilines is 3. The largest absolute Gasteiger partial charge is 0.383 e. The van der Waals surface area contributed by atoms with E-state index in [1.54, 1.807) is 13.2 Å². The molecule has 29 heavy (non-hydrogen) atoms. The Kier molecular flexibility index (Phi) is 6.76. The van der Waals surface area contributed by atoms with E-state index in [1.807, 2.05) is 73.6 Å². The average Bonchev–Trinajstić information content (AvgIpc) is 2.74. The van der Waals surface area contributed by atoms with Crippen molar-refractivity contribution < 1.29 is 9.53 Å². The highest BCUT2D eigenvalue weighted by atomic mass is 16.5. The molecular weight excluding hydrogens is 366 g/mol. The molecule has 0 unspecified atom stereocenters. The van der Waals surface area contributed by atoms with Crippen LogP contribution in [0.2, 0.25) is 0 Å². The predicted octanol–water partition coefficient (Wildman–Crippen LogP) is 3.33. The summed E-state index contributed by atoms with van der Waals surface area (Å²) in [5, 5.41) is 6.07. The Bertz CT molecular complexity index is 943. The van der Waals surface area contributed by atoms with Gasteiger partial charge in [0.25, 0.3) is 5.91 Å². The fraction of sp³-hybridized carbons (Fsp3) is 0.227. The van der Waals surface area contributed by atoms with Crippen LogP contribution in [0.25, 0.3) is 11.4 Å². The van der Waals surface area contributed by atoms with Crippen LogP contribution in [0.4, 0.5) is 17.2 Å². The van der Waals surface area contributed by atoms with Crippen LogP contribution in [0.1, 0.15) is 10.5 Å². The third kappa shape index (κ3) is 5.52. The maximum atomic E-state index is 12.5. The van der Waals surface area contributed by atoms with Gasteiger partial charge in [-0.05, 0) is 24.3 Å². The SMILES string of the molecule is COCCNC(=O)c1cc(Nc2ccc(N(C)C)cc2)nc(-c2ccccc2)n1. The van der Waals surface area contributed by atoms with Gasteiger partial charge in [0.05, 0.1) is 6.61 Å². The van der Waals surface area contributed by atoms with Crippen molar-refractivity contribution in [3.05, 3.63) is 66.4 Å². The normalized spacial score (nSPS) is 10.4. The van der Waals surface area contributed by atoms with Gasteiger partial charge in [-0.3, -0.25) is 4.79 Å². The van der Waals surface area contributed by atoms with E-state index in [2.05, 4.69) is 20.6 Å². The molecule has 0 saturated heterocycles. The molecule has 0 aliphatic carbocycles. The third-order valence-corrected chi connectivity index (χ3v) is 4.24. The summed E-state index contributed by atoms with van der Waals surface area (Å²) in [5.41, 5.74) is 3.10. The van der Waals surface area contributed by atoms with Crippen LogP contribution in [-0.2, 0) is 4.74 Å². The fourth-order valence-electron chi connectivity index (χ4n) is 2.69. The van der Waals surface area contributed by atoms with E-state index in [4.69, 9.17) is 4.74 Å². The molecule has 0 bridgehead atoms. The highest BCUT2D eigenvalue weighted by Crippen LogP contribution is 2.22. The lowest BCUT2D eigenvalue weighted by Crippen LogP contribution is -2.28. The van der Waals surface area contributed by atoms with E-state index >= 15 is 0 Å². The number of rotatable bonds is 8. The molecule has 1 amide bonds. The number of nitrogens with one attached hydrogen (secondary N) is 2. The molecule has 0 atom stereocenters. The monoisotopic (exact) mass is 391 g/mol. The first-order chi connectivity index (χ1) is 14.1. The van der Waals surface area contributed by atoms with E-state index in [1.165, 1.54) is 0 Å². The number of hydrogen-bond donors (Lipinski definition) is 2. The zero-order valence-electron chi connectivity index (χ0n) is 16.8.